The molecule has 1 saturated carbocycles. The van der Waals surface area contributed by atoms with Crippen molar-refractivity contribution >= 4 is 0 Å². The summed E-state index contributed by atoms with van der Waals surface area (Å²) in [7, 11) is 0. The van der Waals surface area contributed by atoms with E-state index in [0.29, 0.717) is 5.92 Å². The first-order chi connectivity index (χ1) is 12.2. The van der Waals surface area contributed by atoms with Crippen LogP contribution < -0.4 is 0 Å². The summed E-state index contributed by atoms with van der Waals surface area (Å²) in [4.78, 5) is 2.76. The van der Waals surface area contributed by atoms with Crippen molar-refractivity contribution in [3.05, 3.63) is 59.4 Å². The molecule has 1 aliphatic carbocycles. The van der Waals surface area contributed by atoms with E-state index in [0.717, 1.165) is 11.6 Å². The standard InChI is InChI=1S/C23H28FN/c1-17-15-19(18-8-11-21(24)12-9-18)10-13-23(17)20-5-4-14-25(16-20)22-6-2-3-7-22/h8-13,15,20,22H,2-7,14,16H2,1H3. The lowest BCUT2D eigenvalue weighted by Gasteiger charge is -2.37. The van der Waals surface area contributed by atoms with Crippen LogP contribution in [-0.2, 0) is 0 Å². The van der Waals surface area contributed by atoms with Crippen molar-refractivity contribution in [1.82, 2.24) is 4.90 Å². The van der Waals surface area contributed by atoms with Gasteiger partial charge >= 0.3 is 0 Å². The van der Waals surface area contributed by atoms with Crippen molar-refractivity contribution in [2.75, 3.05) is 13.1 Å². The molecule has 1 saturated heterocycles. The Morgan fingerprint density at radius 3 is 2.32 bits per heavy atom. The molecule has 2 aromatic carbocycles. The lowest BCUT2D eigenvalue weighted by Crippen LogP contribution is -2.40. The Balaban J connectivity index is 1.53. The van der Waals surface area contributed by atoms with Gasteiger partial charge in [0.2, 0.25) is 0 Å². The fourth-order valence-electron chi connectivity index (χ4n) is 4.82. The maximum absolute atomic E-state index is 13.1. The van der Waals surface area contributed by atoms with Crippen LogP contribution >= 0.6 is 0 Å². The van der Waals surface area contributed by atoms with Gasteiger partial charge in [-0.15, -0.1) is 0 Å². The molecule has 2 aromatic rings. The van der Waals surface area contributed by atoms with Gasteiger partial charge in [-0.2, -0.15) is 0 Å². The number of aryl methyl sites for hydroxylation is 1. The molecule has 1 heterocycles. The minimum atomic E-state index is -0.175. The number of rotatable bonds is 3. The summed E-state index contributed by atoms with van der Waals surface area (Å²) < 4.78 is 13.1. The van der Waals surface area contributed by atoms with Crippen molar-refractivity contribution in [2.24, 2.45) is 0 Å². The van der Waals surface area contributed by atoms with Gasteiger partial charge in [0, 0.05) is 12.6 Å². The molecule has 0 N–H and O–H groups in total. The first kappa shape index (κ1) is 16.8. The Kier molecular flexibility index (Phi) is 4.89. The molecule has 1 atom stereocenters. The van der Waals surface area contributed by atoms with Crippen molar-refractivity contribution in [1.29, 1.82) is 0 Å². The number of halogens is 1. The molecule has 0 amide bonds. The molecule has 1 unspecified atom stereocenters. The van der Waals surface area contributed by atoms with Crippen molar-refractivity contribution in [3.8, 4) is 11.1 Å². The van der Waals surface area contributed by atoms with Crippen LogP contribution in [0.5, 0.6) is 0 Å². The van der Waals surface area contributed by atoms with E-state index >= 15 is 0 Å². The Labute approximate surface area is 150 Å². The van der Waals surface area contributed by atoms with E-state index in [1.807, 2.05) is 12.1 Å². The minimum Gasteiger partial charge on any atom is -0.300 e. The number of benzene rings is 2. The van der Waals surface area contributed by atoms with E-state index in [1.54, 1.807) is 12.1 Å². The minimum absolute atomic E-state index is 0.175. The van der Waals surface area contributed by atoms with Crippen molar-refractivity contribution in [2.45, 2.75) is 57.4 Å². The number of likely N-dealkylation sites (tertiary alicyclic amines) is 1. The molecule has 0 bridgehead atoms. The lowest BCUT2D eigenvalue weighted by molar-refractivity contribution is 0.150. The number of hydrogen-bond acceptors (Lipinski definition) is 1. The van der Waals surface area contributed by atoms with Crippen LogP contribution in [0.3, 0.4) is 0 Å². The smallest absolute Gasteiger partial charge is 0.123 e. The van der Waals surface area contributed by atoms with Gasteiger partial charge in [0.15, 0.2) is 0 Å². The predicted molar refractivity (Wildman–Crippen MR) is 102 cm³/mol. The first-order valence-corrected chi connectivity index (χ1v) is 9.81. The number of hydrogen-bond donors (Lipinski definition) is 0. The highest BCUT2D eigenvalue weighted by Crippen LogP contribution is 2.34. The average Bonchev–Trinajstić information content (AvgIpc) is 3.17. The number of piperidine rings is 1. The average molecular weight is 337 g/mol. The molecule has 2 aliphatic rings. The lowest BCUT2D eigenvalue weighted by atomic mass is 9.86. The largest absolute Gasteiger partial charge is 0.300 e. The van der Waals surface area contributed by atoms with Crippen molar-refractivity contribution in [3.63, 3.8) is 0 Å². The summed E-state index contributed by atoms with van der Waals surface area (Å²) in [6, 6.07) is 14.5. The zero-order valence-electron chi connectivity index (χ0n) is 15.2. The molecule has 2 heteroatoms. The van der Waals surface area contributed by atoms with Gasteiger partial charge in [0.25, 0.3) is 0 Å². The van der Waals surface area contributed by atoms with E-state index < -0.39 is 0 Å². The highest BCUT2D eigenvalue weighted by molar-refractivity contribution is 5.65. The molecule has 1 nitrogen and oxygen atoms in total. The summed E-state index contributed by atoms with van der Waals surface area (Å²) in [6.45, 7) is 4.74. The Hall–Kier alpha value is -1.67. The van der Waals surface area contributed by atoms with Crippen LogP contribution in [-0.4, -0.2) is 24.0 Å². The summed E-state index contributed by atoms with van der Waals surface area (Å²) in [6.07, 6.45) is 8.25. The third kappa shape index (κ3) is 3.64. The van der Waals surface area contributed by atoms with E-state index in [9.17, 15) is 4.39 Å². The van der Waals surface area contributed by atoms with E-state index in [1.165, 1.54) is 68.3 Å². The van der Waals surface area contributed by atoms with Crippen LogP contribution in [0, 0.1) is 12.7 Å². The van der Waals surface area contributed by atoms with Crippen LogP contribution in [0.15, 0.2) is 42.5 Å². The zero-order chi connectivity index (χ0) is 17.2. The number of nitrogens with zero attached hydrogens (tertiary/aromatic N) is 1. The molecule has 0 aromatic heterocycles. The van der Waals surface area contributed by atoms with E-state index in [-0.39, 0.29) is 5.82 Å². The molecule has 132 valence electrons. The molecule has 0 radical (unpaired) electrons. The molecule has 2 fully saturated rings. The molecular formula is C23H28FN. The first-order valence-electron chi connectivity index (χ1n) is 9.81. The SMILES string of the molecule is Cc1cc(-c2ccc(F)cc2)ccc1C1CCCN(C2CCCC2)C1. The van der Waals surface area contributed by atoms with Gasteiger partial charge < -0.3 is 0 Å². The third-order valence-electron chi connectivity index (χ3n) is 6.18. The monoisotopic (exact) mass is 337 g/mol. The fraction of sp³-hybridized carbons (Fsp3) is 0.478. The summed E-state index contributed by atoms with van der Waals surface area (Å²) in [5.74, 6) is 0.489. The van der Waals surface area contributed by atoms with E-state index in [4.69, 9.17) is 0 Å². The van der Waals surface area contributed by atoms with Crippen LogP contribution in [0.2, 0.25) is 0 Å². The molecule has 0 spiro atoms. The summed E-state index contributed by atoms with van der Waals surface area (Å²) >= 11 is 0. The fourth-order valence-corrected chi connectivity index (χ4v) is 4.82. The Morgan fingerprint density at radius 1 is 0.880 bits per heavy atom. The second-order valence-electron chi connectivity index (χ2n) is 7.85. The normalized spacial score (nSPS) is 22.4. The van der Waals surface area contributed by atoms with Gasteiger partial charge in [-0.25, -0.2) is 4.39 Å². The topological polar surface area (TPSA) is 3.24 Å². The quantitative estimate of drug-likeness (QED) is 0.671. The summed E-state index contributed by atoms with van der Waals surface area (Å²) in [5.41, 5.74) is 5.16. The second kappa shape index (κ2) is 7.29. The maximum atomic E-state index is 13.1. The molecule has 4 rings (SSSR count). The van der Waals surface area contributed by atoms with Gasteiger partial charge in [0.05, 0.1) is 0 Å². The zero-order valence-corrected chi connectivity index (χ0v) is 15.2. The van der Waals surface area contributed by atoms with Gasteiger partial charge in [-0.1, -0.05) is 43.2 Å². The maximum Gasteiger partial charge on any atom is 0.123 e. The highest BCUT2D eigenvalue weighted by atomic mass is 19.1. The molecule has 25 heavy (non-hydrogen) atoms. The van der Waals surface area contributed by atoms with Crippen molar-refractivity contribution < 1.29 is 4.39 Å². The highest BCUT2D eigenvalue weighted by Gasteiger charge is 2.29. The second-order valence-corrected chi connectivity index (χ2v) is 7.85. The van der Waals surface area contributed by atoms with E-state index in [2.05, 4.69) is 30.0 Å². The van der Waals surface area contributed by atoms with Gasteiger partial charge in [-0.05, 0) is 79.5 Å². The predicted octanol–water partition coefficient (Wildman–Crippen LogP) is 5.92. The summed E-state index contributed by atoms with van der Waals surface area (Å²) in [5, 5.41) is 0. The third-order valence-corrected chi connectivity index (χ3v) is 6.18. The molecule has 1 aliphatic heterocycles. The van der Waals surface area contributed by atoms with Gasteiger partial charge in [-0.3, -0.25) is 4.90 Å². The van der Waals surface area contributed by atoms with Gasteiger partial charge in [0.1, 0.15) is 5.82 Å². The van der Waals surface area contributed by atoms with Crippen LogP contribution in [0.1, 0.15) is 55.6 Å². The Bertz CT molecular complexity index is 715. The van der Waals surface area contributed by atoms with Crippen LogP contribution in [0.25, 0.3) is 11.1 Å². The molecular weight excluding hydrogens is 309 g/mol. The van der Waals surface area contributed by atoms with Crippen LogP contribution in [0.4, 0.5) is 4.39 Å². The Morgan fingerprint density at radius 2 is 1.60 bits per heavy atom.